The van der Waals surface area contributed by atoms with Crippen molar-refractivity contribution in [3.05, 3.63) is 53.7 Å². The number of hydrogen-bond acceptors (Lipinski definition) is 8. The molecule has 2 aromatic rings. The number of nitrogens with one attached hydrogen (secondary N) is 3. The molecule has 1 unspecified atom stereocenters. The monoisotopic (exact) mass is 694 g/mol. The molecular weight excluding hydrogens is 652 g/mol. The first-order valence-electron chi connectivity index (χ1n) is 16.1. The summed E-state index contributed by atoms with van der Waals surface area (Å²) in [6, 6.07) is 10.1. The maximum atomic E-state index is 14.2. The zero-order chi connectivity index (χ0) is 36.0. The zero-order valence-electron chi connectivity index (χ0n) is 27.9. The topological polar surface area (TPSA) is 145 Å². The third-order valence-electron chi connectivity index (χ3n) is 8.68. The molecule has 0 spiro atoms. The Kier molecular flexibility index (Phi) is 11.4. The number of ether oxygens (including phenoxy) is 3. The van der Waals surface area contributed by atoms with E-state index in [1.165, 1.54) is 12.1 Å². The molecule has 49 heavy (non-hydrogen) atoms. The molecule has 0 bridgehead atoms. The molecule has 1 aromatic heterocycles. The fourth-order valence-electron chi connectivity index (χ4n) is 6.02. The number of amides is 3. The van der Waals surface area contributed by atoms with Crippen molar-refractivity contribution in [3.8, 4) is 0 Å². The van der Waals surface area contributed by atoms with Gasteiger partial charge in [0.1, 0.15) is 23.7 Å². The largest absolute Gasteiger partial charge is 0.468 e. The second-order valence-electron chi connectivity index (χ2n) is 13.5. The van der Waals surface area contributed by atoms with Gasteiger partial charge in [0.2, 0.25) is 17.8 Å². The number of rotatable bonds is 9. The lowest BCUT2D eigenvalue weighted by Gasteiger charge is -2.37. The molecule has 2 aliphatic carbocycles. The molecule has 0 saturated heterocycles. The van der Waals surface area contributed by atoms with E-state index >= 15 is 0 Å². The minimum Gasteiger partial charge on any atom is -0.468 e. The molecule has 0 radical (unpaired) electrons. The van der Waals surface area contributed by atoms with Crippen molar-refractivity contribution in [1.82, 2.24) is 10.3 Å². The van der Waals surface area contributed by atoms with E-state index in [1.807, 2.05) is 0 Å². The number of methoxy groups -OCH3 is 1. The van der Waals surface area contributed by atoms with Gasteiger partial charge in [-0.3, -0.25) is 14.9 Å². The van der Waals surface area contributed by atoms with Crippen molar-refractivity contribution in [2.75, 3.05) is 17.7 Å². The van der Waals surface area contributed by atoms with Crippen LogP contribution < -0.4 is 16.0 Å². The zero-order valence-corrected chi connectivity index (χ0v) is 27.9. The van der Waals surface area contributed by atoms with Gasteiger partial charge in [0.15, 0.2) is 5.82 Å². The number of hydrogen-bond donors (Lipinski definition) is 3. The second-order valence-corrected chi connectivity index (χ2v) is 13.5. The molecule has 11 nitrogen and oxygen atoms in total. The lowest BCUT2D eigenvalue weighted by molar-refractivity contribution is -0.153. The molecule has 3 N–H and O–H groups in total. The Bertz CT molecular complexity index is 1500. The summed E-state index contributed by atoms with van der Waals surface area (Å²) in [4.78, 5) is 57.2. The number of carbonyl (C=O) groups excluding carboxylic acids is 4. The number of alkyl halides is 4. The van der Waals surface area contributed by atoms with E-state index in [1.54, 1.807) is 51.1 Å². The lowest BCUT2D eigenvalue weighted by Crippen LogP contribution is -2.50. The number of benzene rings is 1. The fourth-order valence-corrected chi connectivity index (χ4v) is 6.02. The minimum atomic E-state index is -3.00. The van der Waals surface area contributed by atoms with Crippen LogP contribution in [0.5, 0.6) is 0 Å². The first-order chi connectivity index (χ1) is 22.9. The summed E-state index contributed by atoms with van der Waals surface area (Å²) < 4.78 is 72.2. The van der Waals surface area contributed by atoms with Crippen LogP contribution in [0.4, 0.5) is 38.7 Å². The molecule has 268 valence electrons. The molecule has 4 rings (SSSR count). The van der Waals surface area contributed by atoms with Crippen molar-refractivity contribution < 1.29 is 51.0 Å². The fraction of sp³-hybridized carbons (Fsp3) is 0.559. The molecule has 2 saturated carbocycles. The SMILES string of the molecule is COC(=O)C1(c2ccc(NC(=O)OC(C)(C)C)c(NC(=O)C(NC(=O)OCc3ccccc3)C3CCC(F)(F)CC3)n2)CCC(F)(F)CC1. The summed E-state index contributed by atoms with van der Waals surface area (Å²) in [7, 11) is 1.12. The highest BCUT2D eigenvalue weighted by atomic mass is 19.3. The van der Waals surface area contributed by atoms with Gasteiger partial charge in [-0.2, -0.15) is 0 Å². The molecule has 1 aromatic carbocycles. The summed E-state index contributed by atoms with van der Waals surface area (Å²) in [6.45, 7) is 4.79. The average molecular weight is 695 g/mol. The molecule has 0 aliphatic heterocycles. The Hall–Kier alpha value is -4.43. The van der Waals surface area contributed by atoms with Gasteiger partial charge in [0.05, 0.1) is 18.5 Å². The number of esters is 1. The van der Waals surface area contributed by atoms with Gasteiger partial charge in [0.25, 0.3) is 0 Å². The number of nitrogens with zero attached hydrogens (tertiary/aromatic N) is 1. The third-order valence-corrected chi connectivity index (χ3v) is 8.68. The highest BCUT2D eigenvalue weighted by Gasteiger charge is 2.51. The summed E-state index contributed by atoms with van der Waals surface area (Å²) in [6.07, 6.45) is -4.94. The van der Waals surface area contributed by atoms with Crippen molar-refractivity contribution in [2.45, 2.75) is 108 Å². The Morgan fingerprint density at radius 2 is 1.47 bits per heavy atom. The standard InChI is InChI=1S/C34H42F4N4O7/c1-31(2,3)49-30(46)39-23-10-11-24(32(28(44)47-4)16-18-34(37,38)19-17-32)40-26(23)42-27(43)25(22-12-14-33(35,36)15-13-22)41-29(45)48-20-21-8-6-5-7-9-21/h5-11,22,25H,12-20H2,1-4H3,(H,39,46)(H,41,45)(H,40,42,43). The first kappa shape index (κ1) is 37.4. The molecule has 15 heteroatoms. The first-order valence-corrected chi connectivity index (χ1v) is 16.1. The maximum absolute atomic E-state index is 14.2. The van der Waals surface area contributed by atoms with E-state index in [4.69, 9.17) is 14.2 Å². The summed E-state index contributed by atoms with van der Waals surface area (Å²) >= 11 is 0. The van der Waals surface area contributed by atoms with Crippen LogP contribution >= 0.6 is 0 Å². The molecule has 3 amide bonds. The van der Waals surface area contributed by atoms with E-state index in [-0.39, 0.29) is 49.5 Å². The molecular formula is C34H42F4N4O7. The van der Waals surface area contributed by atoms with Crippen LogP contribution in [0.3, 0.4) is 0 Å². The van der Waals surface area contributed by atoms with Crippen molar-refractivity contribution in [2.24, 2.45) is 5.92 Å². The van der Waals surface area contributed by atoms with Gasteiger partial charge in [-0.1, -0.05) is 30.3 Å². The second kappa shape index (κ2) is 15.0. The predicted molar refractivity (Wildman–Crippen MR) is 170 cm³/mol. The van der Waals surface area contributed by atoms with Crippen LogP contribution in [0, 0.1) is 5.92 Å². The molecule has 2 fully saturated rings. The van der Waals surface area contributed by atoms with Crippen LogP contribution in [0.1, 0.15) is 83.4 Å². The highest BCUT2D eigenvalue weighted by molar-refractivity contribution is 6.00. The summed E-state index contributed by atoms with van der Waals surface area (Å²) in [5.41, 5.74) is -1.89. The maximum Gasteiger partial charge on any atom is 0.412 e. The minimum absolute atomic E-state index is 0.00368. The van der Waals surface area contributed by atoms with E-state index in [9.17, 15) is 36.7 Å². The van der Waals surface area contributed by atoms with Gasteiger partial charge in [-0.15, -0.1) is 0 Å². The van der Waals surface area contributed by atoms with Crippen LogP contribution in [-0.2, 0) is 35.8 Å². The molecule has 2 aliphatic rings. The van der Waals surface area contributed by atoms with Gasteiger partial charge in [-0.05, 0) is 70.1 Å². The normalized spacial score (nSPS) is 19.1. The Labute approximate surface area is 281 Å². The summed E-state index contributed by atoms with van der Waals surface area (Å²) in [5.74, 6) is -8.62. The number of alkyl carbamates (subject to hydrolysis) is 1. The molecule has 1 heterocycles. The van der Waals surface area contributed by atoms with Crippen LogP contribution in [0.2, 0.25) is 0 Å². The van der Waals surface area contributed by atoms with E-state index < -0.39 is 84.6 Å². The molecule has 1 atom stereocenters. The van der Waals surface area contributed by atoms with Gasteiger partial charge in [0, 0.05) is 25.7 Å². The third kappa shape index (κ3) is 10.0. The Morgan fingerprint density at radius 3 is 2.06 bits per heavy atom. The number of halogens is 4. The van der Waals surface area contributed by atoms with Crippen molar-refractivity contribution >= 4 is 35.6 Å². The van der Waals surface area contributed by atoms with Crippen molar-refractivity contribution in [3.63, 3.8) is 0 Å². The van der Waals surface area contributed by atoms with Gasteiger partial charge < -0.3 is 24.8 Å². The van der Waals surface area contributed by atoms with E-state index in [2.05, 4.69) is 20.9 Å². The number of carbonyl (C=O) groups is 4. The number of aromatic nitrogens is 1. The number of anilines is 2. The van der Waals surface area contributed by atoms with Gasteiger partial charge >= 0.3 is 18.2 Å². The van der Waals surface area contributed by atoms with E-state index in [0.29, 0.717) is 5.56 Å². The predicted octanol–water partition coefficient (Wildman–Crippen LogP) is 7.11. The summed E-state index contributed by atoms with van der Waals surface area (Å²) in [5, 5.41) is 7.56. The quantitative estimate of drug-likeness (QED) is 0.143. The van der Waals surface area contributed by atoms with Crippen LogP contribution in [0.25, 0.3) is 0 Å². The van der Waals surface area contributed by atoms with Crippen LogP contribution in [0.15, 0.2) is 42.5 Å². The lowest BCUT2D eigenvalue weighted by atomic mass is 9.70. The average Bonchev–Trinajstić information content (AvgIpc) is 3.03. The highest BCUT2D eigenvalue weighted by Crippen LogP contribution is 2.46. The van der Waals surface area contributed by atoms with Crippen LogP contribution in [-0.4, -0.2) is 59.6 Å². The van der Waals surface area contributed by atoms with E-state index in [0.717, 1.165) is 7.11 Å². The Balaban J connectivity index is 1.67. The van der Waals surface area contributed by atoms with Gasteiger partial charge in [-0.25, -0.2) is 32.1 Å². The Morgan fingerprint density at radius 1 is 0.857 bits per heavy atom. The number of pyridine rings is 1. The smallest absolute Gasteiger partial charge is 0.412 e. The van der Waals surface area contributed by atoms with Crippen molar-refractivity contribution in [1.29, 1.82) is 0 Å².